The average Bonchev–Trinajstić information content (AvgIpc) is 3.72. The van der Waals surface area contributed by atoms with E-state index in [4.69, 9.17) is 21.8 Å². The van der Waals surface area contributed by atoms with Crippen molar-refractivity contribution in [1.29, 1.82) is 0 Å². The molecule has 0 unspecified atom stereocenters. The van der Waals surface area contributed by atoms with Gasteiger partial charge in [-0.25, -0.2) is 25.0 Å². The quantitative estimate of drug-likeness (QED) is 0.153. The van der Waals surface area contributed by atoms with Crippen molar-refractivity contribution in [3.05, 3.63) is 117 Å². The van der Waals surface area contributed by atoms with Crippen LogP contribution in [-0.4, -0.2) is 62.5 Å². The Hall–Kier alpha value is -5.78. The minimum absolute atomic E-state index is 0.0507. The SMILES string of the molecule is NC(=O)CN(NC(=O)Nc1ccccc1)C(=O)CN(NC(=O)c1ccc(Cl)cc1)C(=O)Cn1nc(-c2ccc(-c3ccc(Br)cc3)s2)oc1=O. The number of anilines is 1. The Bertz CT molecular complexity index is 2090. The third-order valence-electron chi connectivity index (χ3n) is 6.66. The molecule has 0 fully saturated rings. The minimum Gasteiger partial charge on any atom is -0.387 e. The number of benzene rings is 3. The first kappa shape index (κ1) is 35.5. The summed E-state index contributed by atoms with van der Waals surface area (Å²) < 4.78 is 6.96. The topological polar surface area (TPSA) is 202 Å². The van der Waals surface area contributed by atoms with Crippen LogP contribution in [0.15, 0.2) is 105 Å². The van der Waals surface area contributed by atoms with Gasteiger partial charge < -0.3 is 15.5 Å². The van der Waals surface area contributed by atoms with Gasteiger partial charge >= 0.3 is 11.8 Å². The Morgan fingerprint density at radius 3 is 2.18 bits per heavy atom. The number of nitrogens with zero attached hydrogens (tertiary/aromatic N) is 4. The van der Waals surface area contributed by atoms with Gasteiger partial charge in [0.15, 0.2) is 0 Å². The van der Waals surface area contributed by atoms with E-state index in [-0.39, 0.29) is 11.5 Å². The highest BCUT2D eigenvalue weighted by molar-refractivity contribution is 9.10. The van der Waals surface area contributed by atoms with E-state index < -0.39 is 55.1 Å². The van der Waals surface area contributed by atoms with Gasteiger partial charge in [0.1, 0.15) is 19.6 Å². The van der Waals surface area contributed by atoms with Gasteiger partial charge in [0.25, 0.3) is 23.6 Å². The van der Waals surface area contributed by atoms with Crippen LogP contribution in [0.5, 0.6) is 0 Å². The van der Waals surface area contributed by atoms with Crippen molar-refractivity contribution in [3.8, 4) is 21.2 Å². The molecule has 50 heavy (non-hydrogen) atoms. The number of nitrogens with two attached hydrogens (primary N) is 1. The molecule has 6 amide bonds. The van der Waals surface area contributed by atoms with Gasteiger partial charge in [0, 0.05) is 25.6 Å². The summed E-state index contributed by atoms with van der Waals surface area (Å²) >= 11 is 10.6. The summed E-state index contributed by atoms with van der Waals surface area (Å²) in [7, 11) is 0. The van der Waals surface area contributed by atoms with Crippen LogP contribution < -0.4 is 27.7 Å². The minimum atomic E-state index is -1.02. The molecule has 5 rings (SSSR count). The van der Waals surface area contributed by atoms with E-state index in [1.807, 2.05) is 30.3 Å². The van der Waals surface area contributed by atoms with Gasteiger partial charge in [-0.05, 0) is 66.2 Å². The second-order valence-electron chi connectivity index (χ2n) is 10.3. The van der Waals surface area contributed by atoms with Crippen molar-refractivity contribution in [2.45, 2.75) is 6.54 Å². The number of hydrazine groups is 2. The number of urea groups is 1. The fourth-order valence-electron chi connectivity index (χ4n) is 4.29. The third kappa shape index (κ3) is 9.43. The first-order valence-corrected chi connectivity index (χ1v) is 16.5. The van der Waals surface area contributed by atoms with Crippen LogP contribution in [0.1, 0.15) is 10.4 Å². The predicted octanol–water partition coefficient (Wildman–Crippen LogP) is 3.87. The van der Waals surface area contributed by atoms with Crippen LogP contribution in [0, 0.1) is 0 Å². The van der Waals surface area contributed by atoms with Gasteiger partial charge in [-0.3, -0.25) is 24.6 Å². The molecule has 2 heterocycles. The van der Waals surface area contributed by atoms with E-state index >= 15 is 0 Å². The maximum atomic E-state index is 13.6. The maximum absolute atomic E-state index is 13.6. The summed E-state index contributed by atoms with van der Waals surface area (Å²) in [6.07, 6.45) is 0. The lowest BCUT2D eigenvalue weighted by Crippen LogP contribution is -2.57. The van der Waals surface area contributed by atoms with Crippen LogP contribution in [-0.2, 0) is 20.9 Å². The molecule has 18 heteroatoms. The fraction of sp³-hybridized carbons (Fsp3) is 0.0938. The number of hydrogen-bond donors (Lipinski definition) is 4. The number of amides is 6. The zero-order valence-corrected chi connectivity index (χ0v) is 28.8. The van der Waals surface area contributed by atoms with Crippen molar-refractivity contribution >= 4 is 74.2 Å². The Morgan fingerprint density at radius 2 is 1.50 bits per heavy atom. The lowest BCUT2D eigenvalue weighted by molar-refractivity contribution is -0.145. The van der Waals surface area contributed by atoms with Crippen molar-refractivity contribution in [2.24, 2.45) is 5.73 Å². The number of halogens is 2. The first-order chi connectivity index (χ1) is 23.9. The molecule has 256 valence electrons. The van der Waals surface area contributed by atoms with Crippen LogP contribution in [0.25, 0.3) is 21.2 Å². The lowest BCUT2D eigenvalue weighted by atomic mass is 10.2. The zero-order chi connectivity index (χ0) is 35.8. The van der Waals surface area contributed by atoms with E-state index in [0.717, 1.165) is 19.6 Å². The standard InChI is InChI=1S/C32H26BrClN8O7S/c33-21-10-6-19(7-11-21)24-14-15-25(50-24)30-38-42(32(48)49-30)18-28(45)41(37-29(46)20-8-12-22(34)13-9-20)17-27(44)40(16-26(35)43)39-31(47)36-23-4-2-1-3-5-23/h1-15H,16-18H2,(H2,35,43)(H,37,46)(H2,36,39,47). The number of carbonyl (C=O) groups is 5. The summed E-state index contributed by atoms with van der Waals surface area (Å²) in [6, 6.07) is 24.1. The molecule has 0 atom stereocenters. The molecule has 0 aliphatic carbocycles. The normalized spacial score (nSPS) is 10.6. The summed E-state index contributed by atoms with van der Waals surface area (Å²) in [5.74, 6) is -4.82. The van der Waals surface area contributed by atoms with Gasteiger partial charge in [-0.1, -0.05) is 57.9 Å². The smallest absolute Gasteiger partial charge is 0.387 e. The number of hydrogen-bond acceptors (Lipinski definition) is 9. The first-order valence-electron chi connectivity index (χ1n) is 14.5. The zero-order valence-electron chi connectivity index (χ0n) is 25.7. The Labute approximate surface area is 300 Å². The molecule has 15 nitrogen and oxygen atoms in total. The summed E-state index contributed by atoms with van der Waals surface area (Å²) in [5.41, 5.74) is 11.2. The molecule has 0 bridgehead atoms. The van der Waals surface area contributed by atoms with Gasteiger partial charge in [-0.2, -0.15) is 4.68 Å². The molecular weight excluding hydrogens is 756 g/mol. The largest absolute Gasteiger partial charge is 0.437 e. The molecule has 3 aromatic carbocycles. The lowest BCUT2D eigenvalue weighted by Gasteiger charge is -2.27. The van der Waals surface area contributed by atoms with E-state index in [0.29, 0.717) is 25.6 Å². The monoisotopic (exact) mass is 780 g/mol. The molecule has 5 aromatic rings. The molecule has 0 aliphatic rings. The summed E-state index contributed by atoms with van der Waals surface area (Å²) in [4.78, 5) is 78.6. The highest BCUT2D eigenvalue weighted by Crippen LogP contribution is 2.33. The molecule has 5 N–H and O–H groups in total. The fourth-order valence-corrected chi connectivity index (χ4v) is 5.61. The summed E-state index contributed by atoms with van der Waals surface area (Å²) in [6.45, 7) is -2.44. The highest BCUT2D eigenvalue weighted by atomic mass is 79.9. The molecule has 0 radical (unpaired) electrons. The second kappa shape index (κ2) is 16.1. The predicted molar refractivity (Wildman–Crippen MR) is 187 cm³/mol. The second-order valence-corrected chi connectivity index (χ2v) is 12.7. The van der Waals surface area contributed by atoms with E-state index in [2.05, 4.69) is 37.2 Å². The Morgan fingerprint density at radius 1 is 0.840 bits per heavy atom. The van der Waals surface area contributed by atoms with Gasteiger partial charge in [0.2, 0.25) is 5.91 Å². The van der Waals surface area contributed by atoms with E-state index in [9.17, 15) is 28.8 Å². The Kier molecular flexibility index (Phi) is 11.4. The van der Waals surface area contributed by atoms with Crippen molar-refractivity contribution < 1.29 is 28.4 Å². The number of para-hydroxylation sites is 1. The van der Waals surface area contributed by atoms with Crippen LogP contribution >= 0.6 is 38.9 Å². The molecule has 2 aromatic heterocycles. The number of carbonyl (C=O) groups excluding carboxylic acids is 5. The van der Waals surface area contributed by atoms with Crippen LogP contribution in [0.2, 0.25) is 5.02 Å². The van der Waals surface area contributed by atoms with E-state index in [1.165, 1.54) is 35.6 Å². The van der Waals surface area contributed by atoms with Gasteiger partial charge in [0.05, 0.1) is 4.88 Å². The third-order valence-corrected chi connectivity index (χ3v) is 8.56. The highest BCUT2D eigenvalue weighted by Gasteiger charge is 2.27. The van der Waals surface area contributed by atoms with Crippen LogP contribution in [0.4, 0.5) is 10.5 Å². The molecular formula is C32H26BrClN8O7S. The summed E-state index contributed by atoms with van der Waals surface area (Å²) in [5, 5.41) is 8.18. The van der Waals surface area contributed by atoms with Gasteiger partial charge in [-0.15, -0.1) is 16.4 Å². The van der Waals surface area contributed by atoms with Crippen molar-refractivity contribution in [3.63, 3.8) is 0 Å². The number of thiophene rings is 1. The number of aromatic nitrogens is 2. The van der Waals surface area contributed by atoms with E-state index in [1.54, 1.807) is 36.4 Å². The molecule has 0 saturated carbocycles. The van der Waals surface area contributed by atoms with Crippen molar-refractivity contribution in [2.75, 3.05) is 18.4 Å². The average molecular weight is 782 g/mol. The maximum Gasteiger partial charge on any atom is 0.437 e. The molecule has 0 spiro atoms. The Balaban J connectivity index is 1.35. The van der Waals surface area contributed by atoms with Crippen molar-refractivity contribution in [1.82, 2.24) is 30.6 Å². The molecule has 0 saturated heterocycles. The molecule has 0 aliphatic heterocycles. The number of rotatable bonds is 10. The van der Waals surface area contributed by atoms with Crippen LogP contribution in [0.3, 0.4) is 0 Å². The number of nitrogens with one attached hydrogen (secondary N) is 3. The number of primary amides is 1.